The van der Waals surface area contributed by atoms with Gasteiger partial charge in [0.1, 0.15) is 17.3 Å². The number of morpholine rings is 1. The smallest absolute Gasteiger partial charge is 0.416 e. The van der Waals surface area contributed by atoms with Gasteiger partial charge in [0, 0.05) is 32.7 Å². The van der Waals surface area contributed by atoms with Crippen molar-refractivity contribution in [2.24, 2.45) is 0 Å². The third-order valence-electron chi connectivity index (χ3n) is 6.66. The van der Waals surface area contributed by atoms with Crippen molar-refractivity contribution in [3.63, 3.8) is 0 Å². The number of alkyl halides is 3. The highest BCUT2D eigenvalue weighted by Gasteiger charge is 2.34. The molecule has 1 fully saturated rings. The lowest BCUT2D eigenvalue weighted by molar-refractivity contribution is -0.137. The highest BCUT2D eigenvalue weighted by molar-refractivity contribution is 7.89. The first-order chi connectivity index (χ1) is 19.4. The first-order valence-corrected chi connectivity index (χ1v) is 14.4. The van der Waals surface area contributed by atoms with E-state index in [-0.39, 0.29) is 26.2 Å². The quantitative estimate of drug-likeness (QED) is 0.307. The molecule has 0 N–H and O–H groups in total. The molecule has 1 aliphatic heterocycles. The second kappa shape index (κ2) is 13.1. The molecule has 1 aromatic heterocycles. The van der Waals surface area contributed by atoms with Crippen molar-refractivity contribution >= 4 is 15.9 Å². The number of hydrogen-bond acceptors (Lipinski definition) is 6. The Labute approximate surface area is 236 Å². The zero-order valence-electron chi connectivity index (χ0n) is 22.4. The molecule has 3 aromatic rings. The van der Waals surface area contributed by atoms with Crippen molar-refractivity contribution in [3.05, 3.63) is 89.1 Å². The minimum Gasteiger partial charge on any atom is -0.464 e. The van der Waals surface area contributed by atoms with Gasteiger partial charge in [-0.2, -0.15) is 17.5 Å². The van der Waals surface area contributed by atoms with Crippen molar-refractivity contribution in [2.45, 2.75) is 31.1 Å². The topological polar surface area (TPSA) is 83.3 Å². The summed E-state index contributed by atoms with van der Waals surface area (Å²) in [5.74, 6) is 0.0302. The van der Waals surface area contributed by atoms with Crippen LogP contribution in [0.4, 0.5) is 17.6 Å². The van der Waals surface area contributed by atoms with E-state index in [1.165, 1.54) is 29.2 Å². The van der Waals surface area contributed by atoms with Crippen LogP contribution >= 0.6 is 0 Å². The molecule has 4 rings (SSSR count). The van der Waals surface area contributed by atoms with Crippen LogP contribution in [0, 0.1) is 12.7 Å². The fourth-order valence-corrected chi connectivity index (χ4v) is 5.82. The van der Waals surface area contributed by atoms with E-state index >= 15 is 0 Å². The Bertz CT molecular complexity index is 1420. The maximum absolute atomic E-state index is 13.7. The van der Waals surface area contributed by atoms with E-state index in [2.05, 4.69) is 0 Å². The molecular weight excluding hydrogens is 566 g/mol. The van der Waals surface area contributed by atoms with Crippen LogP contribution in [0.2, 0.25) is 0 Å². The van der Waals surface area contributed by atoms with Gasteiger partial charge in [0.2, 0.25) is 15.9 Å². The van der Waals surface area contributed by atoms with E-state index in [9.17, 15) is 30.8 Å². The van der Waals surface area contributed by atoms with Crippen LogP contribution in [0.25, 0.3) is 0 Å². The summed E-state index contributed by atoms with van der Waals surface area (Å²) in [5, 5.41) is 0. The summed E-state index contributed by atoms with van der Waals surface area (Å²) in [4.78, 5) is 16.5. The van der Waals surface area contributed by atoms with Crippen LogP contribution in [0.15, 0.2) is 70.0 Å². The lowest BCUT2D eigenvalue weighted by Crippen LogP contribution is -2.47. The summed E-state index contributed by atoms with van der Waals surface area (Å²) in [6, 6.07) is 12.4. The largest absolute Gasteiger partial charge is 0.464 e. The van der Waals surface area contributed by atoms with E-state index in [4.69, 9.17) is 9.15 Å². The van der Waals surface area contributed by atoms with E-state index in [1.54, 1.807) is 19.1 Å². The Morgan fingerprint density at radius 1 is 1.00 bits per heavy atom. The Morgan fingerprint density at radius 2 is 1.71 bits per heavy atom. The maximum Gasteiger partial charge on any atom is 0.416 e. The third-order valence-corrected chi connectivity index (χ3v) is 8.50. The zero-order chi connectivity index (χ0) is 29.6. The molecule has 0 atom stereocenters. The maximum atomic E-state index is 13.7. The lowest BCUT2D eigenvalue weighted by Gasteiger charge is -2.31. The van der Waals surface area contributed by atoms with Gasteiger partial charge in [-0.25, -0.2) is 12.8 Å². The SMILES string of the molecule is Cc1ccc(CN(Cc2ccc(F)cc2)C(=O)CN(CCN2CCOCC2)S(=O)(=O)c2cccc(C(F)(F)F)c2)o1. The predicted molar refractivity (Wildman–Crippen MR) is 142 cm³/mol. The molecule has 41 heavy (non-hydrogen) atoms. The molecule has 0 radical (unpaired) electrons. The predicted octanol–water partition coefficient (Wildman–Crippen LogP) is 4.30. The number of aryl methyl sites for hydroxylation is 1. The molecule has 13 heteroatoms. The molecule has 1 aliphatic rings. The molecule has 2 heterocycles. The van der Waals surface area contributed by atoms with Gasteiger partial charge >= 0.3 is 6.18 Å². The van der Waals surface area contributed by atoms with Gasteiger partial charge in [0.25, 0.3) is 0 Å². The number of ether oxygens (including phenoxy) is 1. The normalized spacial score (nSPS) is 14.9. The molecule has 0 unspecified atom stereocenters. The molecule has 0 aliphatic carbocycles. The number of nitrogens with zero attached hydrogens (tertiary/aromatic N) is 3. The van der Waals surface area contributed by atoms with Crippen molar-refractivity contribution in [1.82, 2.24) is 14.1 Å². The van der Waals surface area contributed by atoms with Crippen LogP contribution in [-0.4, -0.2) is 74.4 Å². The van der Waals surface area contributed by atoms with Crippen LogP contribution < -0.4 is 0 Å². The van der Waals surface area contributed by atoms with E-state index in [1.807, 2.05) is 4.90 Å². The summed E-state index contributed by atoms with van der Waals surface area (Å²) in [7, 11) is -4.51. The highest BCUT2D eigenvalue weighted by atomic mass is 32.2. The summed E-state index contributed by atoms with van der Waals surface area (Å²) in [6.45, 7) is 3.32. The standard InChI is InChI=1S/C28H31F4N3O5S/c1-21-5-10-25(40-21)19-34(18-22-6-8-24(29)9-7-22)27(36)20-35(12-11-33-13-15-39-16-14-33)41(37,38)26-4-2-3-23(17-26)28(30,31)32/h2-10,17H,11-16,18-20H2,1H3. The van der Waals surface area contributed by atoms with E-state index in [0.29, 0.717) is 49.5 Å². The minimum atomic E-state index is -4.74. The summed E-state index contributed by atoms with van der Waals surface area (Å²) in [5.41, 5.74) is -0.507. The Hall–Kier alpha value is -3.26. The van der Waals surface area contributed by atoms with Gasteiger partial charge in [-0.05, 0) is 55.0 Å². The molecule has 0 bridgehead atoms. The number of sulfonamides is 1. The molecule has 1 saturated heterocycles. The zero-order valence-corrected chi connectivity index (χ0v) is 23.3. The van der Waals surface area contributed by atoms with Gasteiger partial charge in [0.15, 0.2) is 0 Å². The van der Waals surface area contributed by atoms with Gasteiger partial charge in [0.05, 0.1) is 36.8 Å². The Morgan fingerprint density at radius 3 is 2.34 bits per heavy atom. The van der Waals surface area contributed by atoms with Gasteiger partial charge in [-0.1, -0.05) is 18.2 Å². The Balaban J connectivity index is 1.62. The molecule has 0 spiro atoms. The van der Waals surface area contributed by atoms with Gasteiger partial charge in [-0.15, -0.1) is 0 Å². The molecule has 0 saturated carbocycles. The van der Waals surface area contributed by atoms with Crippen molar-refractivity contribution in [3.8, 4) is 0 Å². The number of furan rings is 1. The third kappa shape index (κ3) is 8.38. The number of carbonyl (C=O) groups is 1. The molecular formula is C28H31F4N3O5S. The molecule has 1 amide bonds. The number of hydrogen-bond donors (Lipinski definition) is 0. The number of amides is 1. The second-order valence-electron chi connectivity index (χ2n) is 9.71. The van der Waals surface area contributed by atoms with Crippen LogP contribution in [-0.2, 0) is 38.8 Å². The Kier molecular flexibility index (Phi) is 9.84. The number of carbonyl (C=O) groups excluding carboxylic acids is 1. The average molecular weight is 598 g/mol. The average Bonchev–Trinajstić information content (AvgIpc) is 3.36. The van der Waals surface area contributed by atoms with Crippen LogP contribution in [0.1, 0.15) is 22.6 Å². The molecule has 8 nitrogen and oxygen atoms in total. The fraction of sp³-hybridized carbons (Fsp3) is 0.393. The van der Waals surface area contributed by atoms with Crippen LogP contribution in [0.3, 0.4) is 0 Å². The summed E-state index contributed by atoms with van der Waals surface area (Å²) < 4.78 is 92.9. The number of halogens is 4. The van der Waals surface area contributed by atoms with E-state index in [0.717, 1.165) is 22.5 Å². The summed E-state index contributed by atoms with van der Waals surface area (Å²) >= 11 is 0. The van der Waals surface area contributed by atoms with Crippen LogP contribution in [0.5, 0.6) is 0 Å². The summed E-state index contributed by atoms with van der Waals surface area (Å²) in [6.07, 6.45) is -4.74. The van der Waals surface area contributed by atoms with Crippen molar-refractivity contribution in [1.29, 1.82) is 0 Å². The fourth-order valence-electron chi connectivity index (χ4n) is 4.40. The first kappa shape index (κ1) is 30.7. The molecule has 222 valence electrons. The lowest BCUT2D eigenvalue weighted by atomic mass is 10.2. The second-order valence-corrected chi connectivity index (χ2v) is 11.6. The first-order valence-electron chi connectivity index (χ1n) is 13.0. The van der Waals surface area contributed by atoms with Gasteiger partial charge < -0.3 is 14.1 Å². The minimum absolute atomic E-state index is 0.00492. The van der Waals surface area contributed by atoms with E-state index < -0.39 is 44.9 Å². The highest BCUT2D eigenvalue weighted by Crippen LogP contribution is 2.31. The van der Waals surface area contributed by atoms with Crippen molar-refractivity contribution in [2.75, 3.05) is 45.9 Å². The number of rotatable bonds is 11. The molecule has 2 aromatic carbocycles. The van der Waals surface area contributed by atoms with Gasteiger partial charge in [-0.3, -0.25) is 9.69 Å². The van der Waals surface area contributed by atoms with Crippen molar-refractivity contribution < 1.29 is 39.9 Å². The number of benzene rings is 2. The monoisotopic (exact) mass is 597 g/mol.